The van der Waals surface area contributed by atoms with Gasteiger partial charge in [-0.15, -0.1) is 0 Å². The van der Waals surface area contributed by atoms with Crippen molar-refractivity contribution in [1.82, 2.24) is 5.32 Å². The van der Waals surface area contributed by atoms with E-state index in [-0.39, 0.29) is 24.8 Å². The zero-order chi connectivity index (χ0) is 15.2. The lowest BCUT2D eigenvalue weighted by atomic mass is 10.1. The maximum Gasteiger partial charge on any atom is 0.303 e. The second kappa shape index (κ2) is 6.74. The lowest BCUT2D eigenvalue weighted by molar-refractivity contribution is -0.137. The third-order valence-corrected chi connectivity index (χ3v) is 2.98. The zero-order valence-electron chi connectivity index (χ0n) is 11.3. The molecule has 2 rings (SSSR count). The van der Waals surface area contributed by atoms with Crippen molar-refractivity contribution in [2.45, 2.75) is 19.3 Å². The molecule has 0 fully saturated rings. The number of carboxylic acid groups (broad SMARTS) is 1. The quantitative estimate of drug-likeness (QED) is 0.678. The first-order valence-corrected chi connectivity index (χ1v) is 6.63. The number of ether oxygens (including phenoxy) is 1. The smallest absolute Gasteiger partial charge is 0.303 e. The summed E-state index contributed by atoms with van der Waals surface area (Å²) < 4.78 is 5.24. The van der Waals surface area contributed by atoms with Gasteiger partial charge in [0.25, 0.3) is 11.8 Å². The van der Waals surface area contributed by atoms with E-state index in [1.165, 1.54) is 0 Å². The molecule has 112 valence electrons. The van der Waals surface area contributed by atoms with Crippen molar-refractivity contribution in [2.24, 2.45) is 0 Å². The number of fused-ring (bicyclic) bond motifs is 1. The minimum atomic E-state index is -0.838. The van der Waals surface area contributed by atoms with Gasteiger partial charge in [-0.2, -0.15) is 0 Å². The number of nitrogens with one attached hydrogen (secondary N) is 2. The second-order valence-corrected chi connectivity index (χ2v) is 4.65. The van der Waals surface area contributed by atoms with Gasteiger partial charge in [0.15, 0.2) is 6.61 Å². The average molecular weight is 292 g/mol. The lowest BCUT2D eigenvalue weighted by Gasteiger charge is -2.18. The van der Waals surface area contributed by atoms with E-state index in [0.29, 0.717) is 36.4 Å². The van der Waals surface area contributed by atoms with Crippen LogP contribution in [0.4, 0.5) is 5.69 Å². The molecule has 1 aromatic rings. The van der Waals surface area contributed by atoms with E-state index in [2.05, 4.69) is 10.6 Å². The van der Waals surface area contributed by atoms with Crippen LogP contribution in [0.3, 0.4) is 0 Å². The Labute approximate surface area is 121 Å². The highest BCUT2D eigenvalue weighted by atomic mass is 16.5. The van der Waals surface area contributed by atoms with Gasteiger partial charge in [-0.25, -0.2) is 0 Å². The van der Waals surface area contributed by atoms with Crippen LogP contribution in [0.5, 0.6) is 5.75 Å². The van der Waals surface area contributed by atoms with Gasteiger partial charge >= 0.3 is 5.97 Å². The molecule has 2 amide bonds. The molecule has 7 heteroatoms. The molecule has 0 bridgehead atoms. The van der Waals surface area contributed by atoms with Crippen molar-refractivity contribution in [1.29, 1.82) is 0 Å². The van der Waals surface area contributed by atoms with Crippen molar-refractivity contribution in [3.05, 3.63) is 23.8 Å². The number of hydrogen-bond donors (Lipinski definition) is 3. The van der Waals surface area contributed by atoms with Crippen molar-refractivity contribution >= 4 is 23.5 Å². The standard InChI is InChI=1S/C14H16N2O5/c17-12-8-21-11-7-9(4-5-10(11)16-12)14(20)15-6-2-1-3-13(18)19/h4-5,7H,1-3,6,8H2,(H,15,20)(H,16,17)(H,18,19). The number of rotatable bonds is 6. The second-order valence-electron chi connectivity index (χ2n) is 4.65. The number of benzene rings is 1. The van der Waals surface area contributed by atoms with Gasteiger partial charge in [0.1, 0.15) is 5.75 Å². The summed E-state index contributed by atoms with van der Waals surface area (Å²) in [5, 5.41) is 13.9. The molecule has 0 saturated heterocycles. The third kappa shape index (κ3) is 4.20. The van der Waals surface area contributed by atoms with E-state index in [4.69, 9.17) is 9.84 Å². The number of carboxylic acids is 1. The van der Waals surface area contributed by atoms with Crippen molar-refractivity contribution in [3.63, 3.8) is 0 Å². The minimum absolute atomic E-state index is 0.0622. The Bertz CT molecular complexity index is 570. The van der Waals surface area contributed by atoms with Gasteiger partial charge in [-0.3, -0.25) is 14.4 Å². The molecule has 0 spiro atoms. The van der Waals surface area contributed by atoms with Crippen LogP contribution in [-0.2, 0) is 9.59 Å². The molecule has 1 aromatic carbocycles. The summed E-state index contributed by atoms with van der Waals surface area (Å²) in [6.45, 7) is 0.355. The highest BCUT2D eigenvalue weighted by molar-refractivity contribution is 5.98. The largest absolute Gasteiger partial charge is 0.482 e. The molecule has 3 N–H and O–H groups in total. The first-order valence-electron chi connectivity index (χ1n) is 6.63. The van der Waals surface area contributed by atoms with E-state index in [9.17, 15) is 14.4 Å². The molecule has 0 atom stereocenters. The van der Waals surface area contributed by atoms with E-state index < -0.39 is 5.97 Å². The predicted molar refractivity (Wildman–Crippen MR) is 74.4 cm³/mol. The van der Waals surface area contributed by atoms with Crippen molar-refractivity contribution in [2.75, 3.05) is 18.5 Å². The monoisotopic (exact) mass is 292 g/mol. The highest BCUT2D eigenvalue weighted by Crippen LogP contribution is 2.28. The van der Waals surface area contributed by atoms with Crippen LogP contribution in [0, 0.1) is 0 Å². The lowest BCUT2D eigenvalue weighted by Crippen LogP contribution is -2.27. The molecule has 21 heavy (non-hydrogen) atoms. The zero-order valence-corrected chi connectivity index (χ0v) is 11.3. The summed E-state index contributed by atoms with van der Waals surface area (Å²) in [7, 11) is 0. The van der Waals surface area contributed by atoms with Gasteiger partial charge in [0, 0.05) is 18.5 Å². The summed E-state index contributed by atoms with van der Waals surface area (Å²) in [6.07, 6.45) is 1.23. The number of carbonyl (C=O) groups excluding carboxylic acids is 2. The van der Waals surface area contributed by atoms with E-state index in [0.717, 1.165) is 0 Å². The Morgan fingerprint density at radius 3 is 2.90 bits per heavy atom. The van der Waals surface area contributed by atoms with Gasteiger partial charge in [-0.05, 0) is 31.0 Å². The molecule has 0 aliphatic carbocycles. The van der Waals surface area contributed by atoms with Gasteiger partial charge < -0.3 is 20.5 Å². The molecule has 1 aliphatic heterocycles. The summed E-state index contributed by atoms with van der Waals surface area (Å²) in [6, 6.07) is 4.79. The molecule has 0 radical (unpaired) electrons. The first kappa shape index (κ1) is 14.8. The number of carbonyl (C=O) groups is 3. The Morgan fingerprint density at radius 1 is 1.33 bits per heavy atom. The van der Waals surface area contributed by atoms with Gasteiger partial charge in [0.2, 0.25) is 0 Å². The predicted octanol–water partition coefficient (Wildman–Crippen LogP) is 1.00. The van der Waals surface area contributed by atoms with Crippen LogP contribution in [0.25, 0.3) is 0 Å². The van der Waals surface area contributed by atoms with E-state index in [1.54, 1.807) is 18.2 Å². The number of aliphatic carboxylic acids is 1. The normalized spacial score (nSPS) is 12.9. The number of hydrogen-bond acceptors (Lipinski definition) is 4. The van der Waals surface area contributed by atoms with Crippen LogP contribution < -0.4 is 15.4 Å². The average Bonchev–Trinajstić information content (AvgIpc) is 2.45. The fraction of sp³-hybridized carbons (Fsp3) is 0.357. The number of unbranched alkanes of at least 4 members (excludes halogenated alkanes) is 1. The Morgan fingerprint density at radius 2 is 2.14 bits per heavy atom. The van der Waals surface area contributed by atoms with E-state index >= 15 is 0 Å². The molecule has 0 aromatic heterocycles. The van der Waals surface area contributed by atoms with Gasteiger partial charge in [0.05, 0.1) is 5.69 Å². The number of anilines is 1. The topological polar surface area (TPSA) is 105 Å². The molecule has 1 heterocycles. The summed E-state index contributed by atoms with van der Waals surface area (Å²) in [4.78, 5) is 33.4. The number of amides is 2. The Hall–Kier alpha value is -2.57. The minimum Gasteiger partial charge on any atom is -0.482 e. The fourth-order valence-corrected chi connectivity index (χ4v) is 1.92. The molecular weight excluding hydrogens is 276 g/mol. The van der Waals surface area contributed by atoms with Crippen molar-refractivity contribution < 1.29 is 24.2 Å². The fourth-order valence-electron chi connectivity index (χ4n) is 1.92. The maximum atomic E-state index is 11.9. The van der Waals surface area contributed by atoms with Crippen LogP contribution in [-0.4, -0.2) is 36.0 Å². The Kier molecular flexibility index (Phi) is 4.76. The molecule has 0 unspecified atom stereocenters. The molecule has 1 aliphatic rings. The molecule has 0 saturated carbocycles. The third-order valence-electron chi connectivity index (χ3n) is 2.98. The van der Waals surface area contributed by atoms with Crippen LogP contribution in [0.1, 0.15) is 29.6 Å². The van der Waals surface area contributed by atoms with Gasteiger partial charge in [-0.1, -0.05) is 0 Å². The van der Waals surface area contributed by atoms with Crippen molar-refractivity contribution in [3.8, 4) is 5.75 Å². The summed E-state index contributed by atoms with van der Waals surface area (Å²) in [5.74, 6) is -0.852. The van der Waals surface area contributed by atoms with Crippen LogP contribution >= 0.6 is 0 Å². The highest BCUT2D eigenvalue weighted by Gasteiger charge is 2.17. The van der Waals surface area contributed by atoms with E-state index in [1.807, 2.05) is 0 Å². The Balaban J connectivity index is 1.85. The first-order chi connectivity index (χ1) is 10.1. The summed E-state index contributed by atoms with van der Waals surface area (Å²) in [5.41, 5.74) is 0.979. The summed E-state index contributed by atoms with van der Waals surface area (Å²) >= 11 is 0. The van der Waals surface area contributed by atoms with Crippen LogP contribution in [0.15, 0.2) is 18.2 Å². The maximum absolute atomic E-state index is 11.9. The molecular formula is C14H16N2O5. The SMILES string of the molecule is O=C(O)CCCCNC(=O)c1ccc2c(c1)OCC(=O)N2. The molecule has 7 nitrogen and oxygen atoms in total. The van der Waals surface area contributed by atoms with Crippen LogP contribution in [0.2, 0.25) is 0 Å².